The number of nitrogens with two attached hydrogens (primary N) is 1. The van der Waals surface area contributed by atoms with Gasteiger partial charge in [-0.15, -0.1) is 0 Å². The Morgan fingerprint density at radius 2 is 1.80 bits per heavy atom. The van der Waals surface area contributed by atoms with Crippen molar-refractivity contribution in [1.82, 2.24) is 24.5 Å². The highest BCUT2D eigenvalue weighted by atomic mass is 32.2. The standard InChI is InChI=1S/C41H42F4N8O5S/c1-57-37-16-25(2-6-32(37)41(43,44)45)24-50-12-14-52(15-13-50)27-20-40(21-27)8-10-51(11-9-40)26-3-5-30(39(54)49-59-29-4-7-34(46)35(19-29)53(55)56)36(17-26)58-28-18-31-33(42)23-48-38(31)47-22-28/h2-7,16-19,22-23,27H,8-15,20-21,24,46H2,1H3,(H,47,48)(H,49,54). The predicted molar refractivity (Wildman–Crippen MR) is 215 cm³/mol. The number of ether oxygens (including phenoxy) is 2. The lowest BCUT2D eigenvalue weighted by atomic mass is 9.60. The smallest absolute Gasteiger partial charge is 0.419 e. The summed E-state index contributed by atoms with van der Waals surface area (Å²) >= 11 is 0.904. The number of benzene rings is 3. The number of amides is 1. The van der Waals surface area contributed by atoms with E-state index in [-0.39, 0.29) is 45.0 Å². The number of nitro benzene ring substituents is 1. The number of halogens is 4. The molecule has 1 aliphatic carbocycles. The summed E-state index contributed by atoms with van der Waals surface area (Å²) in [5.41, 5.74) is 7.19. The maximum absolute atomic E-state index is 14.4. The summed E-state index contributed by atoms with van der Waals surface area (Å²) in [5.74, 6) is -0.669. The molecule has 3 fully saturated rings. The third kappa shape index (κ3) is 8.60. The SMILES string of the molecule is COc1cc(CN2CCN(C3CC4(CCN(c5ccc(C(=O)NSc6ccc(N)c([N+](=O)[O-])c6)c(Oc6cnc7[nH]cc(F)c7c6)c5)CC4)C3)CC2)ccc1C(F)(F)F. The highest BCUT2D eigenvalue weighted by Gasteiger charge is 2.48. The molecule has 0 atom stereocenters. The molecule has 8 rings (SSSR count). The number of hydrogen-bond donors (Lipinski definition) is 3. The number of rotatable bonds is 11. The molecular formula is C41H42F4N8O5S. The zero-order valence-corrected chi connectivity index (χ0v) is 32.9. The number of carbonyl (C=O) groups excluding carboxylic acids is 1. The van der Waals surface area contributed by atoms with Gasteiger partial charge < -0.3 is 25.1 Å². The fourth-order valence-corrected chi connectivity index (χ4v) is 9.11. The van der Waals surface area contributed by atoms with Gasteiger partial charge in [0.15, 0.2) is 0 Å². The Kier molecular flexibility index (Phi) is 11.1. The van der Waals surface area contributed by atoms with Crippen LogP contribution in [-0.2, 0) is 12.7 Å². The first-order valence-electron chi connectivity index (χ1n) is 19.2. The minimum atomic E-state index is -4.46. The van der Waals surface area contributed by atoms with Crippen molar-refractivity contribution < 1.29 is 36.8 Å². The molecule has 13 nitrogen and oxygen atoms in total. The Balaban J connectivity index is 0.888. The average molecular weight is 835 g/mol. The van der Waals surface area contributed by atoms with Gasteiger partial charge in [-0.25, -0.2) is 9.37 Å². The summed E-state index contributed by atoms with van der Waals surface area (Å²) in [5, 5.41) is 11.6. The van der Waals surface area contributed by atoms with Crippen molar-refractivity contribution >= 4 is 46.0 Å². The van der Waals surface area contributed by atoms with Crippen molar-refractivity contribution in [2.45, 2.75) is 49.3 Å². The normalized spacial score (nSPS) is 17.5. The maximum atomic E-state index is 14.4. The molecule has 3 aromatic carbocycles. The van der Waals surface area contributed by atoms with Crippen molar-refractivity contribution in [3.63, 3.8) is 0 Å². The number of nitrogens with one attached hydrogen (secondary N) is 2. The maximum Gasteiger partial charge on any atom is 0.419 e. The van der Waals surface area contributed by atoms with Crippen LogP contribution in [0.1, 0.15) is 47.2 Å². The first kappa shape index (κ1) is 40.2. The minimum absolute atomic E-state index is 0.0116. The Morgan fingerprint density at radius 3 is 2.51 bits per heavy atom. The number of aromatic amines is 1. The topological polar surface area (TPSA) is 155 Å². The summed E-state index contributed by atoms with van der Waals surface area (Å²) < 4.78 is 68.4. The largest absolute Gasteiger partial charge is 0.496 e. The highest BCUT2D eigenvalue weighted by Crippen LogP contribution is 2.52. The van der Waals surface area contributed by atoms with Crippen molar-refractivity contribution in [2.24, 2.45) is 5.41 Å². The fourth-order valence-electron chi connectivity index (χ4n) is 8.48. The number of alkyl halides is 3. The van der Waals surface area contributed by atoms with Gasteiger partial charge in [-0.3, -0.25) is 29.4 Å². The Hall–Kier alpha value is -5.59. The second-order valence-corrected chi connectivity index (χ2v) is 16.3. The van der Waals surface area contributed by atoms with E-state index < -0.39 is 28.4 Å². The van der Waals surface area contributed by atoms with Gasteiger partial charge in [0.2, 0.25) is 0 Å². The number of pyridine rings is 1. The van der Waals surface area contributed by atoms with E-state index in [1.807, 2.05) is 6.07 Å². The van der Waals surface area contributed by atoms with Gasteiger partial charge in [0.25, 0.3) is 11.6 Å². The quantitative estimate of drug-likeness (QED) is 0.0390. The number of nitro groups is 1. The van der Waals surface area contributed by atoms with E-state index >= 15 is 0 Å². The summed E-state index contributed by atoms with van der Waals surface area (Å²) in [7, 11) is 1.26. The molecule has 310 valence electrons. The first-order chi connectivity index (χ1) is 28.3. The van der Waals surface area contributed by atoms with Crippen LogP contribution >= 0.6 is 11.9 Å². The van der Waals surface area contributed by atoms with E-state index in [1.54, 1.807) is 18.2 Å². The van der Waals surface area contributed by atoms with Crippen LogP contribution < -0.4 is 24.8 Å². The monoisotopic (exact) mass is 834 g/mol. The summed E-state index contributed by atoms with van der Waals surface area (Å²) in [6.07, 6.45) is 2.44. The van der Waals surface area contributed by atoms with Crippen LogP contribution in [0.2, 0.25) is 0 Å². The number of hydrogen-bond acceptors (Lipinski definition) is 11. The van der Waals surface area contributed by atoms with Crippen molar-refractivity contribution in [3.8, 4) is 17.2 Å². The third-order valence-electron chi connectivity index (χ3n) is 11.8. The number of nitrogens with zero attached hydrogens (tertiary/aromatic N) is 5. The Morgan fingerprint density at radius 1 is 1.03 bits per heavy atom. The number of H-pyrrole nitrogens is 1. The zero-order valence-electron chi connectivity index (χ0n) is 32.1. The minimum Gasteiger partial charge on any atom is -0.496 e. The van der Waals surface area contributed by atoms with Crippen LogP contribution in [0.3, 0.4) is 0 Å². The number of fused-ring (bicyclic) bond motifs is 1. The van der Waals surface area contributed by atoms with Crippen LogP contribution in [0, 0.1) is 21.3 Å². The second kappa shape index (κ2) is 16.2. The highest BCUT2D eigenvalue weighted by molar-refractivity contribution is 7.98. The van der Waals surface area contributed by atoms with Crippen molar-refractivity contribution in [3.05, 3.63) is 106 Å². The van der Waals surface area contributed by atoms with Gasteiger partial charge in [0.05, 0.1) is 34.7 Å². The molecule has 1 saturated carbocycles. The van der Waals surface area contributed by atoms with Crippen LogP contribution in [-0.4, -0.2) is 83.0 Å². The summed E-state index contributed by atoms with van der Waals surface area (Å²) in [6, 6.07) is 15.7. The van der Waals surface area contributed by atoms with Gasteiger partial charge in [-0.1, -0.05) is 6.07 Å². The number of aromatic nitrogens is 2. The molecule has 59 heavy (non-hydrogen) atoms. The molecule has 5 aromatic rings. The lowest BCUT2D eigenvalue weighted by Crippen LogP contribution is -2.59. The van der Waals surface area contributed by atoms with Gasteiger partial charge in [-0.2, -0.15) is 13.2 Å². The Labute approximate surface area is 341 Å². The van der Waals surface area contributed by atoms with E-state index in [1.165, 1.54) is 49.8 Å². The number of piperidine rings is 1. The molecule has 1 amide bonds. The molecule has 4 N–H and O–H groups in total. The van der Waals surface area contributed by atoms with Crippen molar-refractivity contribution in [2.75, 3.05) is 57.0 Å². The summed E-state index contributed by atoms with van der Waals surface area (Å²) in [6.45, 7) is 5.69. The van der Waals surface area contributed by atoms with Crippen LogP contribution in [0.25, 0.3) is 11.0 Å². The molecule has 18 heteroatoms. The zero-order chi connectivity index (χ0) is 41.5. The molecule has 1 spiro atoms. The van der Waals surface area contributed by atoms with E-state index in [2.05, 4.69) is 29.4 Å². The number of nitrogen functional groups attached to an aromatic ring is 1. The molecule has 2 aliphatic heterocycles. The van der Waals surface area contributed by atoms with Gasteiger partial charge in [0.1, 0.15) is 34.4 Å². The summed E-state index contributed by atoms with van der Waals surface area (Å²) in [4.78, 5) is 38.9. The third-order valence-corrected chi connectivity index (χ3v) is 12.6. The first-order valence-corrected chi connectivity index (χ1v) is 20.0. The molecule has 3 aliphatic rings. The molecule has 2 aromatic heterocycles. The number of methoxy groups -OCH3 is 1. The lowest BCUT2D eigenvalue weighted by molar-refractivity contribution is -0.384. The van der Waals surface area contributed by atoms with Crippen LogP contribution in [0.5, 0.6) is 17.2 Å². The molecule has 4 heterocycles. The molecular weight excluding hydrogens is 793 g/mol. The lowest BCUT2D eigenvalue weighted by Gasteiger charge is -2.56. The average Bonchev–Trinajstić information content (AvgIpc) is 3.58. The van der Waals surface area contributed by atoms with Gasteiger partial charge in [0, 0.05) is 80.8 Å². The van der Waals surface area contributed by atoms with E-state index in [0.717, 1.165) is 94.2 Å². The molecule has 0 bridgehead atoms. The molecule has 0 radical (unpaired) electrons. The number of anilines is 2. The van der Waals surface area contributed by atoms with Crippen LogP contribution in [0.15, 0.2) is 78.0 Å². The Bertz CT molecular complexity index is 2370. The number of piperazine rings is 1. The van der Waals surface area contributed by atoms with Crippen LogP contribution in [0.4, 0.5) is 34.6 Å². The van der Waals surface area contributed by atoms with Crippen molar-refractivity contribution in [1.29, 1.82) is 0 Å². The van der Waals surface area contributed by atoms with E-state index in [9.17, 15) is 32.5 Å². The van der Waals surface area contributed by atoms with E-state index in [0.29, 0.717) is 23.1 Å². The number of carbonyl (C=O) groups is 1. The molecule has 0 unspecified atom stereocenters. The van der Waals surface area contributed by atoms with Gasteiger partial charge >= 0.3 is 6.18 Å². The molecule has 2 saturated heterocycles. The second-order valence-electron chi connectivity index (χ2n) is 15.4. The van der Waals surface area contributed by atoms with E-state index in [4.69, 9.17) is 15.2 Å². The van der Waals surface area contributed by atoms with Gasteiger partial charge in [-0.05, 0) is 91.1 Å². The predicted octanol–water partition coefficient (Wildman–Crippen LogP) is 8.02. The fraction of sp³-hybridized carbons (Fsp3) is 0.366.